The largest absolute Gasteiger partial charge is 0.309 e. The highest BCUT2D eigenvalue weighted by Gasteiger charge is 2.17. The van der Waals surface area contributed by atoms with Gasteiger partial charge in [0.15, 0.2) is 0 Å². The molecule has 0 aromatic heterocycles. The third kappa shape index (κ3) is 2.41. The van der Waals surface area contributed by atoms with Crippen molar-refractivity contribution in [3.05, 3.63) is 70.8 Å². The predicted molar refractivity (Wildman–Crippen MR) is 68.4 cm³/mol. The van der Waals surface area contributed by atoms with Gasteiger partial charge in [-0.05, 0) is 43.3 Å². The molecule has 0 aliphatic rings. The quantitative estimate of drug-likeness (QED) is 0.874. The summed E-state index contributed by atoms with van der Waals surface area (Å²) in [6.07, 6.45) is 0. The van der Waals surface area contributed by atoms with E-state index in [1.165, 1.54) is 18.2 Å². The van der Waals surface area contributed by atoms with E-state index in [2.05, 4.69) is 5.32 Å². The summed E-state index contributed by atoms with van der Waals surface area (Å²) in [4.78, 5) is 0. The minimum Gasteiger partial charge on any atom is -0.309 e. The Kier molecular flexibility index (Phi) is 3.72. The number of halogens is 2. The van der Waals surface area contributed by atoms with Gasteiger partial charge in [-0.1, -0.05) is 24.3 Å². The van der Waals surface area contributed by atoms with Crippen LogP contribution in [0.15, 0.2) is 42.5 Å². The van der Waals surface area contributed by atoms with Gasteiger partial charge in [-0.15, -0.1) is 0 Å². The van der Waals surface area contributed by atoms with Crippen LogP contribution in [0.1, 0.15) is 22.7 Å². The fraction of sp³-hybridized carbons (Fsp3) is 0.200. The van der Waals surface area contributed by atoms with Gasteiger partial charge in [-0.2, -0.15) is 0 Å². The molecule has 0 heterocycles. The molecule has 0 saturated heterocycles. The maximum Gasteiger partial charge on any atom is 0.128 e. The van der Waals surface area contributed by atoms with Gasteiger partial charge in [0.2, 0.25) is 0 Å². The van der Waals surface area contributed by atoms with Gasteiger partial charge in [0.25, 0.3) is 0 Å². The van der Waals surface area contributed by atoms with Crippen molar-refractivity contribution in [1.29, 1.82) is 0 Å². The molecular weight excluding hydrogens is 232 g/mol. The van der Waals surface area contributed by atoms with E-state index in [1.54, 1.807) is 31.3 Å². The lowest BCUT2D eigenvalue weighted by molar-refractivity contribution is 0.573. The number of hydrogen-bond donors (Lipinski definition) is 1. The fourth-order valence-corrected chi connectivity index (χ4v) is 2.15. The number of rotatable bonds is 3. The summed E-state index contributed by atoms with van der Waals surface area (Å²) < 4.78 is 26.9. The van der Waals surface area contributed by atoms with Crippen LogP contribution >= 0.6 is 0 Å². The first-order valence-electron chi connectivity index (χ1n) is 5.81. The summed E-state index contributed by atoms with van der Waals surface area (Å²) in [5.41, 5.74) is 2.25. The van der Waals surface area contributed by atoms with Gasteiger partial charge in [0.1, 0.15) is 11.6 Å². The summed E-state index contributed by atoms with van der Waals surface area (Å²) in [6, 6.07) is 10.9. The molecule has 1 nitrogen and oxygen atoms in total. The van der Waals surface area contributed by atoms with Crippen molar-refractivity contribution in [1.82, 2.24) is 5.32 Å². The first-order valence-corrected chi connectivity index (χ1v) is 5.81. The van der Waals surface area contributed by atoms with Gasteiger partial charge in [0.05, 0.1) is 6.04 Å². The molecule has 2 aromatic rings. The molecule has 0 aliphatic carbocycles. The molecular formula is C15H15F2N. The van der Waals surface area contributed by atoms with Crippen LogP contribution in [-0.2, 0) is 0 Å². The van der Waals surface area contributed by atoms with E-state index in [9.17, 15) is 8.78 Å². The number of aryl methyl sites for hydroxylation is 1. The van der Waals surface area contributed by atoms with Crippen molar-refractivity contribution in [3.63, 3.8) is 0 Å². The Hall–Kier alpha value is -1.74. The van der Waals surface area contributed by atoms with Crippen LogP contribution in [0.5, 0.6) is 0 Å². The number of hydrogen-bond acceptors (Lipinski definition) is 1. The fourth-order valence-electron chi connectivity index (χ4n) is 2.15. The Morgan fingerprint density at radius 1 is 1.00 bits per heavy atom. The summed E-state index contributed by atoms with van der Waals surface area (Å²) >= 11 is 0. The standard InChI is InChI=1S/C15H15F2N/c1-10-9-11(16)7-8-12(10)15(18-2)13-5-3-4-6-14(13)17/h3-9,15,18H,1-2H3. The number of nitrogens with one attached hydrogen (secondary N) is 1. The van der Waals surface area contributed by atoms with Crippen LogP contribution in [-0.4, -0.2) is 7.05 Å². The average Bonchev–Trinajstić information content (AvgIpc) is 2.34. The SMILES string of the molecule is CNC(c1ccc(F)cc1C)c1ccccc1F. The molecule has 2 aromatic carbocycles. The lowest BCUT2D eigenvalue weighted by Crippen LogP contribution is -2.20. The molecule has 3 heteroatoms. The molecule has 2 rings (SSSR count). The third-order valence-corrected chi connectivity index (χ3v) is 3.05. The van der Waals surface area contributed by atoms with Crippen molar-refractivity contribution in [2.45, 2.75) is 13.0 Å². The average molecular weight is 247 g/mol. The zero-order valence-electron chi connectivity index (χ0n) is 10.4. The highest BCUT2D eigenvalue weighted by molar-refractivity contribution is 5.37. The van der Waals surface area contributed by atoms with Crippen LogP contribution in [0.25, 0.3) is 0 Å². The van der Waals surface area contributed by atoms with E-state index in [0.717, 1.165) is 11.1 Å². The van der Waals surface area contributed by atoms with Crippen LogP contribution in [0, 0.1) is 18.6 Å². The predicted octanol–water partition coefficient (Wildman–Crippen LogP) is 3.58. The van der Waals surface area contributed by atoms with Gasteiger partial charge in [-0.25, -0.2) is 8.78 Å². The minimum absolute atomic E-state index is 0.263. The van der Waals surface area contributed by atoms with Crippen molar-refractivity contribution in [2.24, 2.45) is 0 Å². The lowest BCUT2D eigenvalue weighted by atomic mass is 9.95. The van der Waals surface area contributed by atoms with Crippen LogP contribution in [0.2, 0.25) is 0 Å². The third-order valence-electron chi connectivity index (χ3n) is 3.05. The molecule has 18 heavy (non-hydrogen) atoms. The van der Waals surface area contributed by atoms with E-state index in [4.69, 9.17) is 0 Å². The molecule has 1 N–H and O–H groups in total. The van der Waals surface area contributed by atoms with E-state index in [-0.39, 0.29) is 17.7 Å². The molecule has 94 valence electrons. The highest BCUT2D eigenvalue weighted by Crippen LogP contribution is 2.26. The molecule has 0 aliphatic heterocycles. The summed E-state index contributed by atoms with van der Waals surface area (Å²) in [7, 11) is 1.76. The van der Waals surface area contributed by atoms with E-state index in [1.807, 2.05) is 6.92 Å². The highest BCUT2D eigenvalue weighted by atomic mass is 19.1. The Labute approximate surface area is 105 Å². The first-order chi connectivity index (χ1) is 8.63. The first kappa shape index (κ1) is 12.7. The van der Waals surface area contributed by atoms with Gasteiger partial charge in [-0.3, -0.25) is 0 Å². The van der Waals surface area contributed by atoms with Gasteiger partial charge < -0.3 is 5.32 Å². The van der Waals surface area contributed by atoms with Crippen LogP contribution < -0.4 is 5.32 Å². The molecule has 0 bridgehead atoms. The second kappa shape index (κ2) is 5.27. The molecule has 1 atom stereocenters. The second-order valence-electron chi connectivity index (χ2n) is 4.24. The Morgan fingerprint density at radius 3 is 2.33 bits per heavy atom. The Balaban J connectivity index is 2.49. The summed E-state index contributed by atoms with van der Waals surface area (Å²) in [5, 5.41) is 3.07. The summed E-state index contributed by atoms with van der Waals surface area (Å²) in [5.74, 6) is -0.541. The van der Waals surface area contributed by atoms with Gasteiger partial charge >= 0.3 is 0 Å². The van der Waals surface area contributed by atoms with E-state index < -0.39 is 0 Å². The maximum atomic E-state index is 13.8. The summed E-state index contributed by atoms with van der Waals surface area (Å²) in [6.45, 7) is 1.82. The van der Waals surface area contributed by atoms with Crippen molar-refractivity contribution in [2.75, 3.05) is 7.05 Å². The van der Waals surface area contributed by atoms with Crippen LogP contribution in [0.4, 0.5) is 8.78 Å². The molecule has 0 saturated carbocycles. The van der Waals surface area contributed by atoms with Crippen LogP contribution in [0.3, 0.4) is 0 Å². The molecule has 0 amide bonds. The normalized spacial score (nSPS) is 12.4. The van der Waals surface area contributed by atoms with E-state index >= 15 is 0 Å². The van der Waals surface area contributed by atoms with Gasteiger partial charge in [0, 0.05) is 5.56 Å². The zero-order valence-corrected chi connectivity index (χ0v) is 10.4. The lowest BCUT2D eigenvalue weighted by Gasteiger charge is -2.20. The topological polar surface area (TPSA) is 12.0 Å². The molecule has 0 radical (unpaired) electrons. The minimum atomic E-state index is -0.278. The van der Waals surface area contributed by atoms with Crippen molar-refractivity contribution in [3.8, 4) is 0 Å². The molecule has 0 fully saturated rings. The van der Waals surface area contributed by atoms with Crippen molar-refractivity contribution < 1.29 is 8.78 Å². The number of benzene rings is 2. The Morgan fingerprint density at radius 2 is 1.72 bits per heavy atom. The Bertz CT molecular complexity index is 552. The van der Waals surface area contributed by atoms with Crippen molar-refractivity contribution >= 4 is 0 Å². The molecule has 1 unspecified atom stereocenters. The zero-order chi connectivity index (χ0) is 13.1. The smallest absolute Gasteiger partial charge is 0.128 e. The monoisotopic (exact) mass is 247 g/mol. The molecule has 0 spiro atoms. The maximum absolute atomic E-state index is 13.8. The van der Waals surface area contributed by atoms with E-state index in [0.29, 0.717) is 5.56 Å². The second-order valence-corrected chi connectivity index (χ2v) is 4.24.